The van der Waals surface area contributed by atoms with E-state index in [1.807, 2.05) is 57.0 Å². The molecule has 1 aromatic carbocycles. The third-order valence-corrected chi connectivity index (χ3v) is 3.37. The van der Waals surface area contributed by atoms with Crippen molar-refractivity contribution in [3.63, 3.8) is 0 Å². The van der Waals surface area contributed by atoms with E-state index < -0.39 is 0 Å². The average molecular weight is 293 g/mol. The Morgan fingerprint density at radius 3 is 2.71 bits per heavy atom. The molecular formula is C16H27N3O2. The van der Waals surface area contributed by atoms with Crippen LogP contribution in [0.2, 0.25) is 0 Å². The van der Waals surface area contributed by atoms with Crippen molar-refractivity contribution in [3.8, 4) is 0 Å². The number of carbonyl (C=O) groups excluding carboxylic acids is 1. The Balaban J connectivity index is 2.49. The smallest absolute Gasteiger partial charge is 0.241 e. The molecule has 3 N–H and O–H groups in total. The summed E-state index contributed by atoms with van der Waals surface area (Å²) in [6.07, 6.45) is 0.210. The van der Waals surface area contributed by atoms with Crippen molar-refractivity contribution in [2.24, 2.45) is 5.73 Å². The molecule has 0 aromatic heterocycles. The van der Waals surface area contributed by atoms with Crippen LogP contribution in [0, 0.1) is 0 Å². The highest BCUT2D eigenvalue weighted by Crippen LogP contribution is 2.11. The number of hydrogen-bond donors (Lipinski definition) is 2. The van der Waals surface area contributed by atoms with E-state index in [2.05, 4.69) is 5.32 Å². The van der Waals surface area contributed by atoms with Crippen LogP contribution in [0.3, 0.4) is 0 Å². The van der Waals surface area contributed by atoms with Gasteiger partial charge in [0, 0.05) is 18.8 Å². The number of nitrogens with zero attached hydrogens (tertiary/aromatic N) is 1. The highest BCUT2D eigenvalue weighted by atomic mass is 16.5. The normalized spacial score (nSPS) is 12.7. The lowest BCUT2D eigenvalue weighted by Gasteiger charge is -2.24. The molecule has 5 nitrogen and oxygen atoms in total. The van der Waals surface area contributed by atoms with E-state index in [0.29, 0.717) is 13.2 Å². The number of carbonyl (C=O) groups is 1. The van der Waals surface area contributed by atoms with E-state index in [4.69, 9.17) is 10.5 Å². The van der Waals surface area contributed by atoms with Crippen LogP contribution in [-0.4, -0.2) is 43.2 Å². The predicted molar refractivity (Wildman–Crippen MR) is 86.1 cm³/mol. The summed E-state index contributed by atoms with van der Waals surface area (Å²) in [7, 11) is 1.92. The maximum absolute atomic E-state index is 12.2. The summed E-state index contributed by atoms with van der Waals surface area (Å²) >= 11 is 0. The lowest BCUT2D eigenvalue weighted by molar-refractivity contribution is -0.120. The summed E-state index contributed by atoms with van der Waals surface area (Å²) in [4.78, 5) is 14.2. The zero-order valence-corrected chi connectivity index (χ0v) is 13.4. The number of ether oxygens (including phenoxy) is 1. The number of hydrogen-bond acceptors (Lipinski definition) is 4. The second-order valence-corrected chi connectivity index (χ2v) is 5.47. The first-order valence-electron chi connectivity index (χ1n) is 7.35. The van der Waals surface area contributed by atoms with Gasteiger partial charge in [0.25, 0.3) is 0 Å². The molecular weight excluding hydrogens is 266 g/mol. The second-order valence-electron chi connectivity index (χ2n) is 5.47. The number of rotatable bonds is 8. The van der Waals surface area contributed by atoms with Gasteiger partial charge in [-0.15, -0.1) is 0 Å². The van der Waals surface area contributed by atoms with Gasteiger partial charge in [-0.2, -0.15) is 0 Å². The lowest BCUT2D eigenvalue weighted by atomic mass is 10.2. The van der Waals surface area contributed by atoms with Crippen LogP contribution in [-0.2, 0) is 16.1 Å². The third-order valence-electron chi connectivity index (χ3n) is 3.37. The zero-order valence-electron chi connectivity index (χ0n) is 13.4. The molecule has 0 heterocycles. The summed E-state index contributed by atoms with van der Waals surface area (Å²) in [5, 5.41) is 2.92. The standard InChI is InChI=1S/C16H27N3O2/c1-12(2)21-9-8-19(4)13(3)16(20)18-15-7-5-6-14(10-15)11-17/h5-7,10,12-13H,8-9,11,17H2,1-4H3,(H,18,20). The van der Waals surface area contributed by atoms with Crippen LogP contribution < -0.4 is 11.1 Å². The van der Waals surface area contributed by atoms with Crippen LogP contribution in [0.4, 0.5) is 5.69 Å². The molecule has 0 fully saturated rings. The SMILES string of the molecule is CC(C)OCCN(C)C(C)C(=O)Nc1cccc(CN)c1. The van der Waals surface area contributed by atoms with Gasteiger partial charge in [-0.3, -0.25) is 9.69 Å². The molecule has 0 aliphatic rings. The number of amides is 1. The fourth-order valence-corrected chi connectivity index (χ4v) is 1.85. The van der Waals surface area contributed by atoms with Crippen molar-refractivity contribution >= 4 is 11.6 Å². The summed E-state index contributed by atoms with van der Waals surface area (Å²) in [5.74, 6) is -0.0313. The van der Waals surface area contributed by atoms with E-state index in [1.54, 1.807) is 0 Å². The van der Waals surface area contributed by atoms with Crippen molar-refractivity contribution in [2.45, 2.75) is 39.5 Å². The fourth-order valence-electron chi connectivity index (χ4n) is 1.85. The van der Waals surface area contributed by atoms with Gasteiger partial charge >= 0.3 is 0 Å². The van der Waals surface area contributed by atoms with Crippen LogP contribution in [0.25, 0.3) is 0 Å². The molecule has 0 saturated heterocycles. The largest absolute Gasteiger partial charge is 0.377 e. The van der Waals surface area contributed by atoms with E-state index in [-0.39, 0.29) is 18.1 Å². The minimum Gasteiger partial charge on any atom is -0.377 e. The van der Waals surface area contributed by atoms with Gasteiger partial charge in [-0.1, -0.05) is 12.1 Å². The number of nitrogens with two attached hydrogens (primary N) is 1. The average Bonchev–Trinajstić information content (AvgIpc) is 2.46. The first-order valence-corrected chi connectivity index (χ1v) is 7.35. The van der Waals surface area contributed by atoms with Crippen molar-refractivity contribution in [1.29, 1.82) is 0 Å². The van der Waals surface area contributed by atoms with Gasteiger partial charge < -0.3 is 15.8 Å². The van der Waals surface area contributed by atoms with E-state index in [9.17, 15) is 4.79 Å². The molecule has 21 heavy (non-hydrogen) atoms. The Kier molecular flexibility index (Phi) is 7.36. The molecule has 1 atom stereocenters. The molecule has 0 aliphatic carbocycles. The number of benzene rings is 1. The van der Waals surface area contributed by atoms with E-state index >= 15 is 0 Å². The van der Waals surface area contributed by atoms with Crippen molar-refractivity contribution in [3.05, 3.63) is 29.8 Å². The number of likely N-dealkylation sites (N-methyl/N-ethyl adjacent to an activating group) is 1. The topological polar surface area (TPSA) is 67.6 Å². The number of nitrogens with one attached hydrogen (secondary N) is 1. The Morgan fingerprint density at radius 2 is 2.10 bits per heavy atom. The minimum atomic E-state index is -0.220. The molecule has 5 heteroatoms. The Labute approximate surface area is 127 Å². The molecule has 0 bridgehead atoms. The lowest BCUT2D eigenvalue weighted by Crippen LogP contribution is -2.41. The van der Waals surface area contributed by atoms with Gasteiger partial charge in [0.05, 0.1) is 18.8 Å². The predicted octanol–water partition coefficient (Wildman–Crippen LogP) is 1.83. The zero-order chi connectivity index (χ0) is 15.8. The van der Waals surface area contributed by atoms with Crippen LogP contribution in [0.1, 0.15) is 26.3 Å². The Morgan fingerprint density at radius 1 is 1.38 bits per heavy atom. The first-order chi connectivity index (χ1) is 9.93. The van der Waals surface area contributed by atoms with Crippen LogP contribution in [0.15, 0.2) is 24.3 Å². The molecule has 0 spiro atoms. The first kappa shape index (κ1) is 17.6. The summed E-state index contributed by atoms with van der Waals surface area (Å²) in [6.45, 7) is 7.69. The van der Waals surface area contributed by atoms with Crippen molar-refractivity contribution < 1.29 is 9.53 Å². The molecule has 0 aliphatic heterocycles. The van der Waals surface area contributed by atoms with Gasteiger partial charge in [0.2, 0.25) is 5.91 Å². The highest BCUT2D eigenvalue weighted by Gasteiger charge is 2.18. The van der Waals surface area contributed by atoms with Crippen molar-refractivity contribution in [2.75, 3.05) is 25.5 Å². The van der Waals surface area contributed by atoms with Gasteiger partial charge in [-0.25, -0.2) is 0 Å². The minimum absolute atomic E-state index is 0.0313. The molecule has 0 saturated carbocycles. The van der Waals surface area contributed by atoms with Crippen LogP contribution >= 0.6 is 0 Å². The molecule has 1 unspecified atom stereocenters. The second kappa shape index (κ2) is 8.77. The molecule has 118 valence electrons. The maximum Gasteiger partial charge on any atom is 0.241 e. The third kappa shape index (κ3) is 6.25. The summed E-state index contributed by atoms with van der Waals surface area (Å²) in [5.41, 5.74) is 7.38. The number of anilines is 1. The Hall–Kier alpha value is -1.43. The maximum atomic E-state index is 12.2. The van der Waals surface area contributed by atoms with Gasteiger partial charge in [0.1, 0.15) is 0 Å². The molecule has 1 amide bonds. The summed E-state index contributed by atoms with van der Waals surface area (Å²) in [6, 6.07) is 7.37. The van der Waals surface area contributed by atoms with E-state index in [1.165, 1.54) is 0 Å². The van der Waals surface area contributed by atoms with E-state index in [0.717, 1.165) is 17.8 Å². The Bertz CT molecular complexity index is 449. The fraction of sp³-hybridized carbons (Fsp3) is 0.562. The van der Waals surface area contributed by atoms with Crippen molar-refractivity contribution in [1.82, 2.24) is 4.90 Å². The highest BCUT2D eigenvalue weighted by molar-refractivity contribution is 5.94. The molecule has 1 rings (SSSR count). The molecule has 1 aromatic rings. The summed E-state index contributed by atoms with van der Waals surface area (Å²) < 4.78 is 5.50. The van der Waals surface area contributed by atoms with Crippen LogP contribution in [0.5, 0.6) is 0 Å². The van der Waals surface area contributed by atoms with Gasteiger partial charge in [0.15, 0.2) is 0 Å². The quantitative estimate of drug-likeness (QED) is 0.767. The molecule has 0 radical (unpaired) electrons. The van der Waals surface area contributed by atoms with Gasteiger partial charge in [-0.05, 0) is 45.5 Å². The monoisotopic (exact) mass is 293 g/mol.